The Bertz CT molecular complexity index is 1100. The Hall–Kier alpha value is -2.86. The average Bonchev–Trinajstić information content (AvgIpc) is 3.11. The number of carbonyl (C=O) groups is 2. The fraction of sp³-hybridized carbons (Fsp3) is 0.444. The van der Waals surface area contributed by atoms with Gasteiger partial charge >= 0.3 is 0 Å². The molecule has 0 aliphatic heterocycles. The van der Waals surface area contributed by atoms with Crippen molar-refractivity contribution < 1.29 is 9.59 Å². The fourth-order valence-corrected chi connectivity index (χ4v) is 4.18. The molecular weight excluding hydrogens is 448 g/mol. The number of halogens is 1. The number of fused-ring (bicyclic) bond motifs is 1. The number of para-hydroxylation sites is 2. The average molecular weight is 483 g/mol. The van der Waals surface area contributed by atoms with Crippen molar-refractivity contribution in [2.45, 2.75) is 47.1 Å². The van der Waals surface area contributed by atoms with Crippen LogP contribution in [0.2, 0.25) is 5.02 Å². The lowest BCUT2D eigenvalue weighted by Crippen LogP contribution is -2.39. The molecule has 3 aromatic rings. The third-order valence-electron chi connectivity index (χ3n) is 5.50. The maximum Gasteiger partial charge on any atom is 0.242 e. The highest BCUT2D eigenvalue weighted by Crippen LogP contribution is 2.18. The first kappa shape index (κ1) is 25.8. The molecule has 182 valence electrons. The first-order chi connectivity index (χ1) is 16.2. The fourth-order valence-electron chi connectivity index (χ4n) is 4.05. The van der Waals surface area contributed by atoms with Crippen molar-refractivity contribution in [2.75, 3.05) is 19.6 Å². The zero-order valence-corrected chi connectivity index (χ0v) is 21.3. The molecule has 34 heavy (non-hydrogen) atoms. The van der Waals surface area contributed by atoms with Gasteiger partial charge in [-0.2, -0.15) is 0 Å². The number of nitrogens with zero attached hydrogens (tertiary/aromatic N) is 3. The van der Waals surface area contributed by atoms with Gasteiger partial charge in [-0.3, -0.25) is 9.59 Å². The van der Waals surface area contributed by atoms with E-state index in [1.54, 1.807) is 12.1 Å². The molecule has 1 aromatic heterocycles. The molecule has 7 heteroatoms. The minimum absolute atomic E-state index is 0.0545. The summed E-state index contributed by atoms with van der Waals surface area (Å²) in [5, 5.41) is 3.62. The second-order valence-corrected chi connectivity index (χ2v) is 10.0. The van der Waals surface area contributed by atoms with E-state index in [1.165, 1.54) is 0 Å². The molecule has 0 saturated heterocycles. The zero-order valence-electron chi connectivity index (χ0n) is 20.6. The van der Waals surface area contributed by atoms with Gasteiger partial charge in [0.15, 0.2) is 0 Å². The van der Waals surface area contributed by atoms with Crippen LogP contribution < -0.4 is 5.32 Å². The lowest BCUT2D eigenvalue weighted by Gasteiger charge is -2.27. The molecule has 0 aliphatic rings. The van der Waals surface area contributed by atoms with Gasteiger partial charge in [-0.15, -0.1) is 0 Å². The molecule has 1 heterocycles. The summed E-state index contributed by atoms with van der Waals surface area (Å²) in [6, 6.07) is 15.1. The highest BCUT2D eigenvalue weighted by molar-refractivity contribution is 6.30. The summed E-state index contributed by atoms with van der Waals surface area (Å²) in [7, 11) is 0. The quantitative estimate of drug-likeness (QED) is 0.429. The molecule has 2 amide bonds. The first-order valence-corrected chi connectivity index (χ1v) is 12.3. The van der Waals surface area contributed by atoms with E-state index in [2.05, 4.69) is 33.0 Å². The van der Waals surface area contributed by atoms with Crippen molar-refractivity contribution in [1.29, 1.82) is 0 Å². The highest BCUT2D eigenvalue weighted by Gasteiger charge is 2.20. The van der Waals surface area contributed by atoms with Crippen LogP contribution in [0.3, 0.4) is 0 Å². The minimum Gasteiger partial charge on any atom is -0.355 e. The lowest BCUT2D eigenvalue weighted by molar-refractivity contribution is -0.133. The highest BCUT2D eigenvalue weighted by atomic mass is 35.5. The normalized spacial score (nSPS) is 11.4. The topological polar surface area (TPSA) is 67.2 Å². The van der Waals surface area contributed by atoms with E-state index >= 15 is 0 Å². The molecule has 0 radical (unpaired) electrons. The summed E-state index contributed by atoms with van der Waals surface area (Å²) >= 11 is 5.92. The molecule has 0 fully saturated rings. The van der Waals surface area contributed by atoms with Gasteiger partial charge in [0, 0.05) is 31.1 Å². The largest absolute Gasteiger partial charge is 0.355 e. The molecular formula is C27H35ClN4O2. The molecule has 0 bridgehead atoms. The Morgan fingerprint density at radius 3 is 2.29 bits per heavy atom. The van der Waals surface area contributed by atoms with Crippen LogP contribution in [0.25, 0.3) is 11.0 Å². The van der Waals surface area contributed by atoms with Gasteiger partial charge in [0.25, 0.3) is 0 Å². The lowest BCUT2D eigenvalue weighted by atomic mass is 10.1. The third kappa shape index (κ3) is 7.32. The monoisotopic (exact) mass is 482 g/mol. The predicted octanol–water partition coefficient (Wildman–Crippen LogP) is 4.73. The number of nitrogens with one attached hydrogen (secondary N) is 1. The standard InChI is InChI=1S/C27H35ClN4O2/c1-19(2)16-31(17-20(3)4)27(34)18-32-24-8-6-5-7-23(24)30-25(32)13-14-29-26(33)15-21-9-11-22(28)12-10-21/h5-12,19-20H,13-18H2,1-4H3,(H,29,33). The zero-order chi connectivity index (χ0) is 24.7. The maximum atomic E-state index is 13.3. The summed E-state index contributed by atoms with van der Waals surface area (Å²) in [5.41, 5.74) is 2.71. The van der Waals surface area contributed by atoms with Crippen LogP contribution in [0.5, 0.6) is 0 Å². The number of hydrogen-bond acceptors (Lipinski definition) is 3. The van der Waals surface area contributed by atoms with Crippen LogP contribution in [-0.2, 0) is 29.0 Å². The van der Waals surface area contributed by atoms with Gasteiger partial charge < -0.3 is 14.8 Å². The van der Waals surface area contributed by atoms with Crippen LogP contribution in [-0.4, -0.2) is 45.9 Å². The summed E-state index contributed by atoms with van der Waals surface area (Å²) in [5.74, 6) is 1.64. The number of benzene rings is 2. The second kappa shape index (κ2) is 12.0. The summed E-state index contributed by atoms with van der Waals surface area (Å²) < 4.78 is 2.00. The smallest absolute Gasteiger partial charge is 0.242 e. The van der Waals surface area contributed by atoms with E-state index in [4.69, 9.17) is 16.6 Å². The van der Waals surface area contributed by atoms with Gasteiger partial charge in [0.2, 0.25) is 11.8 Å². The number of carbonyl (C=O) groups excluding carboxylic acids is 2. The number of amides is 2. The first-order valence-electron chi connectivity index (χ1n) is 12.0. The molecule has 3 rings (SSSR count). The van der Waals surface area contributed by atoms with Gasteiger partial charge in [0.05, 0.1) is 17.5 Å². The van der Waals surface area contributed by atoms with Gasteiger partial charge in [-0.25, -0.2) is 4.98 Å². The Morgan fingerprint density at radius 1 is 1.00 bits per heavy atom. The van der Waals surface area contributed by atoms with E-state index < -0.39 is 0 Å². The van der Waals surface area contributed by atoms with E-state index in [0.717, 1.165) is 35.5 Å². The molecule has 1 N–H and O–H groups in total. The summed E-state index contributed by atoms with van der Waals surface area (Å²) in [6.07, 6.45) is 0.841. The molecule has 0 unspecified atom stereocenters. The maximum absolute atomic E-state index is 13.3. The van der Waals surface area contributed by atoms with Crippen LogP contribution in [0.4, 0.5) is 0 Å². The van der Waals surface area contributed by atoms with Crippen molar-refractivity contribution >= 4 is 34.4 Å². The Balaban J connectivity index is 1.69. The number of imidazole rings is 1. The SMILES string of the molecule is CC(C)CN(CC(C)C)C(=O)Cn1c(CCNC(=O)Cc2ccc(Cl)cc2)nc2ccccc21. The van der Waals surface area contributed by atoms with Crippen LogP contribution in [0.1, 0.15) is 39.1 Å². The van der Waals surface area contributed by atoms with Crippen molar-refractivity contribution in [2.24, 2.45) is 11.8 Å². The summed E-state index contributed by atoms with van der Waals surface area (Å²) in [6.45, 7) is 10.7. The van der Waals surface area contributed by atoms with Crippen molar-refractivity contribution in [3.63, 3.8) is 0 Å². The second-order valence-electron chi connectivity index (χ2n) is 9.59. The van der Waals surface area contributed by atoms with E-state index in [-0.39, 0.29) is 18.4 Å². The molecule has 0 saturated carbocycles. The molecule has 0 spiro atoms. The van der Waals surface area contributed by atoms with E-state index in [0.29, 0.717) is 36.2 Å². The van der Waals surface area contributed by atoms with E-state index in [9.17, 15) is 9.59 Å². The van der Waals surface area contributed by atoms with Crippen LogP contribution in [0, 0.1) is 11.8 Å². The molecule has 6 nitrogen and oxygen atoms in total. The third-order valence-corrected chi connectivity index (χ3v) is 5.75. The van der Waals surface area contributed by atoms with E-state index in [1.807, 2.05) is 45.9 Å². The Morgan fingerprint density at radius 2 is 1.65 bits per heavy atom. The predicted molar refractivity (Wildman–Crippen MR) is 138 cm³/mol. The van der Waals surface area contributed by atoms with Crippen molar-refractivity contribution in [1.82, 2.24) is 19.8 Å². The Kier molecular flexibility index (Phi) is 9.11. The molecule has 2 aromatic carbocycles. The van der Waals surface area contributed by atoms with Crippen molar-refractivity contribution in [3.05, 3.63) is 64.9 Å². The summed E-state index contributed by atoms with van der Waals surface area (Å²) in [4.78, 5) is 32.4. The van der Waals surface area contributed by atoms with Gasteiger partial charge in [-0.1, -0.05) is 63.6 Å². The van der Waals surface area contributed by atoms with Crippen LogP contribution in [0.15, 0.2) is 48.5 Å². The van der Waals surface area contributed by atoms with Crippen LogP contribution >= 0.6 is 11.6 Å². The number of hydrogen-bond donors (Lipinski definition) is 1. The van der Waals surface area contributed by atoms with Gasteiger partial charge in [0.1, 0.15) is 12.4 Å². The van der Waals surface area contributed by atoms with Crippen molar-refractivity contribution in [3.8, 4) is 0 Å². The molecule has 0 aliphatic carbocycles. The minimum atomic E-state index is -0.0545. The number of aromatic nitrogens is 2. The molecule has 0 atom stereocenters. The van der Waals surface area contributed by atoms with Gasteiger partial charge in [-0.05, 0) is 41.7 Å². The number of rotatable bonds is 11. The Labute approximate surface area is 207 Å².